The molecule has 4 nitrogen and oxygen atoms in total. The molecule has 0 saturated heterocycles. The van der Waals surface area contributed by atoms with Crippen LogP contribution in [-0.2, 0) is 6.54 Å². The van der Waals surface area contributed by atoms with Crippen LogP contribution in [0.15, 0.2) is 16.7 Å². The average molecular weight is 267 g/mol. The van der Waals surface area contributed by atoms with E-state index in [9.17, 15) is 8.78 Å². The molecule has 0 fully saturated rings. The maximum atomic E-state index is 13.8. The van der Waals surface area contributed by atoms with Gasteiger partial charge in [-0.3, -0.25) is 0 Å². The predicted octanol–water partition coefficient (Wildman–Crippen LogP) is 2.82. The smallest absolute Gasteiger partial charge is 0.223 e. The number of halogens is 2. The molecule has 2 aromatic rings. The summed E-state index contributed by atoms with van der Waals surface area (Å²) < 4.78 is 32.0. The van der Waals surface area contributed by atoms with E-state index in [0.717, 1.165) is 0 Å². The second-order valence-corrected chi connectivity index (χ2v) is 4.46. The molecule has 6 heteroatoms. The van der Waals surface area contributed by atoms with Crippen LogP contribution >= 0.6 is 0 Å². The van der Waals surface area contributed by atoms with Gasteiger partial charge in [-0.25, -0.2) is 8.78 Å². The third kappa shape index (κ3) is 3.14. The van der Waals surface area contributed by atoms with E-state index in [-0.39, 0.29) is 11.6 Å². The summed E-state index contributed by atoms with van der Waals surface area (Å²) in [5.74, 6) is 0.109. The Labute approximate surface area is 109 Å². The molecule has 0 radical (unpaired) electrons. The number of aryl methyl sites for hydroxylation is 2. The van der Waals surface area contributed by atoms with E-state index in [1.807, 2.05) is 0 Å². The number of benzene rings is 1. The van der Waals surface area contributed by atoms with Crippen molar-refractivity contribution in [2.75, 3.05) is 0 Å². The molecule has 0 aliphatic rings. The van der Waals surface area contributed by atoms with E-state index in [0.29, 0.717) is 23.8 Å². The summed E-state index contributed by atoms with van der Waals surface area (Å²) >= 11 is 0. The van der Waals surface area contributed by atoms with E-state index in [1.54, 1.807) is 13.8 Å². The van der Waals surface area contributed by atoms with Crippen LogP contribution < -0.4 is 5.32 Å². The summed E-state index contributed by atoms with van der Waals surface area (Å²) in [6, 6.07) is 2.06. The highest BCUT2D eigenvalue weighted by Gasteiger charge is 2.14. The van der Waals surface area contributed by atoms with Gasteiger partial charge in [-0.2, -0.15) is 4.98 Å². The van der Waals surface area contributed by atoms with Crippen LogP contribution in [-0.4, -0.2) is 10.1 Å². The lowest BCUT2D eigenvalue weighted by atomic mass is 10.1. The maximum Gasteiger partial charge on any atom is 0.223 e. The number of nitrogens with zero attached hydrogens (tertiary/aromatic N) is 2. The highest BCUT2D eigenvalue weighted by atomic mass is 19.1. The monoisotopic (exact) mass is 267 g/mol. The van der Waals surface area contributed by atoms with Gasteiger partial charge in [-0.05, 0) is 31.5 Å². The summed E-state index contributed by atoms with van der Waals surface area (Å²) in [6.07, 6.45) is 0. The van der Waals surface area contributed by atoms with Gasteiger partial charge in [-0.15, -0.1) is 0 Å². The minimum Gasteiger partial charge on any atom is -0.340 e. The zero-order valence-electron chi connectivity index (χ0n) is 11.0. The molecule has 19 heavy (non-hydrogen) atoms. The highest BCUT2D eigenvalue weighted by Crippen LogP contribution is 2.20. The molecule has 1 heterocycles. The Morgan fingerprint density at radius 1 is 1.26 bits per heavy atom. The van der Waals surface area contributed by atoms with Crippen molar-refractivity contribution in [2.24, 2.45) is 0 Å². The Balaban J connectivity index is 2.07. The quantitative estimate of drug-likeness (QED) is 0.925. The van der Waals surface area contributed by atoms with Crippen molar-refractivity contribution in [3.05, 3.63) is 46.6 Å². The Hall–Kier alpha value is -1.82. The van der Waals surface area contributed by atoms with Crippen LogP contribution in [0.2, 0.25) is 0 Å². The van der Waals surface area contributed by atoms with E-state index in [2.05, 4.69) is 15.5 Å². The molecule has 1 aromatic heterocycles. The maximum absolute atomic E-state index is 13.8. The summed E-state index contributed by atoms with van der Waals surface area (Å²) in [7, 11) is 0. The Morgan fingerprint density at radius 2 is 2.00 bits per heavy atom. The van der Waals surface area contributed by atoms with Gasteiger partial charge >= 0.3 is 0 Å². The first-order valence-corrected chi connectivity index (χ1v) is 5.95. The number of hydrogen-bond donors (Lipinski definition) is 1. The van der Waals surface area contributed by atoms with Gasteiger partial charge in [0, 0.05) is 18.5 Å². The fourth-order valence-electron chi connectivity index (χ4n) is 1.76. The fraction of sp³-hybridized carbons (Fsp3) is 0.385. The zero-order valence-corrected chi connectivity index (χ0v) is 11.0. The third-order valence-electron chi connectivity index (χ3n) is 2.88. The predicted molar refractivity (Wildman–Crippen MR) is 65.4 cm³/mol. The van der Waals surface area contributed by atoms with Crippen molar-refractivity contribution in [1.29, 1.82) is 0 Å². The lowest BCUT2D eigenvalue weighted by molar-refractivity contribution is 0.383. The number of hydrogen-bond acceptors (Lipinski definition) is 4. The average Bonchev–Trinajstić information content (AvgIpc) is 2.77. The summed E-state index contributed by atoms with van der Waals surface area (Å²) in [6.45, 7) is 5.30. The second kappa shape index (κ2) is 5.44. The Kier molecular flexibility index (Phi) is 3.90. The summed E-state index contributed by atoms with van der Waals surface area (Å²) in [4.78, 5) is 4.02. The topological polar surface area (TPSA) is 51.0 Å². The SMILES string of the molecule is Cc1nc(CNC(C)c2cc(F)c(C)cc2F)no1. The molecule has 0 aliphatic carbocycles. The largest absolute Gasteiger partial charge is 0.340 e. The minimum absolute atomic E-state index is 0.281. The van der Waals surface area contributed by atoms with E-state index in [1.165, 1.54) is 19.1 Å². The third-order valence-corrected chi connectivity index (χ3v) is 2.88. The first kappa shape index (κ1) is 13.6. The molecular weight excluding hydrogens is 252 g/mol. The van der Waals surface area contributed by atoms with Crippen LogP contribution in [0.25, 0.3) is 0 Å². The molecule has 0 saturated carbocycles. The van der Waals surface area contributed by atoms with Gasteiger partial charge < -0.3 is 9.84 Å². The molecule has 102 valence electrons. The summed E-state index contributed by atoms with van der Waals surface area (Å²) in [5, 5.41) is 6.74. The standard InChI is InChI=1S/C13H15F2N3O/c1-7-4-12(15)10(5-11(7)14)8(2)16-6-13-17-9(3)19-18-13/h4-5,8,16H,6H2,1-3H3. The molecule has 0 aliphatic heterocycles. The van der Waals surface area contributed by atoms with E-state index >= 15 is 0 Å². The normalized spacial score (nSPS) is 12.7. The van der Waals surface area contributed by atoms with Gasteiger partial charge in [-0.1, -0.05) is 5.16 Å². The first-order valence-electron chi connectivity index (χ1n) is 5.95. The van der Waals surface area contributed by atoms with Crippen LogP contribution in [0.3, 0.4) is 0 Å². The second-order valence-electron chi connectivity index (χ2n) is 4.46. The van der Waals surface area contributed by atoms with Crippen LogP contribution in [0, 0.1) is 25.5 Å². The molecule has 1 unspecified atom stereocenters. The molecule has 1 aromatic carbocycles. The van der Waals surface area contributed by atoms with Gasteiger partial charge in [0.15, 0.2) is 5.82 Å². The van der Waals surface area contributed by atoms with Crippen LogP contribution in [0.1, 0.15) is 35.8 Å². The van der Waals surface area contributed by atoms with Crippen molar-refractivity contribution in [3.63, 3.8) is 0 Å². The molecule has 0 bridgehead atoms. The van der Waals surface area contributed by atoms with E-state index < -0.39 is 11.6 Å². The molecule has 1 N–H and O–H groups in total. The number of aromatic nitrogens is 2. The molecule has 0 amide bonds. The van der Waals surface area contributed by atoms with E-state index in [4.69, 9.17) is 4.52 Å². The van der Waals surface area contributed by atoms with Crippen molar-refractivity contribution < 1.29 is 13.3 Å². The zero-order chi connectivity index (χ0) is 14.0. The van der Waals surface area contributed by atoms with Gasteiger partial charge in [0.2, 0.25) is 5.89 Å². The van der Waals surface area contributed by atoms with Crippen molar-refractivity contribution in [1.82, 2.24) is 15.5 Å². The molecule has 1 atom stereocenters. The fourth-order valence-corrected chi connectivity index (χ4v) is 1.76. The first-order chi connectivity index (χ1) is 8.97. The van der Waals surface area contributed by atoms with Crippen molar-refractivity contribution >= 4 is 0 Å². The summed E-state index contributed by atoms with van der Waals surface area (Å²) in [5.41, 5.74) is 0.575. The van der Waals surface area contributed by atoms with Crippen LogP contribution in [0.4, 0.5) is 8.78 Å². The van der Waals surface area contributed by atoms with Gasteiger partial charge in [0.25, 0.3) is 0 Å². The van der Waals surface area contributed by atoms with Crippen molar-refractivity contribution in [3.8, 4) is 0 Å². The molecule has 2 rings (SSSR count). The van der Waals surface area contributed by atoms with Crippen molar-refractivity contribution in [2.45, 2.75) is 33.4 Å². The number of rotatable bonds is 4. The number of nitrogens with one attached hydrogen (secondary N) is 1. The minimum atomic E-state index is -0.428. The molecular formula is C13H15F2N3O. The Bertz CT molecular complexity index is 583. The van der Waals surface area contributed by atoms with Crippen LogP contribution in [0.5, 0.6) is 0 Å². The van der Waals surface area contributed by atoms with Gasteiger partial charge in [0.1, 0.15) is 11.6 Å². The Morgan fingerprint density at radius 3 is 2.63 bits per heavy atom. The molecule has 0 spiro atoms. The van der Waals surface area contributed by atoms with Gasteiger partial charge in [0.05, 0.1) is 6.54 Å². The lowest BCUT2D eigenvalue weighted by Gasteiger charge is -2.14. The highest BCUT2D eigenvalue weighted by molar-refractivity contribution is 5.27. The lowest BCUT2D eigenvalue weighted by Crippen LogP contribution is -2.20.